The van der Waals surface area contributed by atoms with Gasteiger partial charge >= 0.3 is 6.09 Å². The highest BCUT2D eigenvalue weighted by molar-refractivity contribution is 5.67. The van der Waals surface area contributed by atoms with E-state index < -0.39 is 11.6 Å². The van der Waals surface area contributed by atoms with E-state index in [1.54, 1.807) is 13.2 Å². The van der Waals surface area contributed by atoms with Crippen LogP contribution in [0.25, 0.3) is 0 Å². The third kappa shape index (κ3) is 3.50. The maximum atomic E-state index is 11.6. The fourth-order valence-electron chi connectivity index (χ4n) is 3.17. The van der Waals surface area contributed by atoms with Crippen molar-refractivity contribution < 1.29 is 14.6 Å². The van der Waals surface area contributed by atoms with E-state index in [0.717, 1.165) is 18.7 Å². The predicted octanol–water partition coefficient (Wildman–Crippen LogP) is 2.92. The monoisotopic (exact) mass is 317 g/mol. The first-order valence-corrected chi connectivity index (χ1v) is 7.63. The van der Waals surface area contributed by atoms with Gasteiger partial charge < -0.3 is 14.7 Å². The van der Waals surface area contributed by atoms with Crippen molar-refractivity contribution in [3.8, 4) is 11.8 Å². The average Bonchev–Trinajstić information content (AvgIpc) is 2.93. The van der Waals surface area contributed by atoms with Crippen LogP contribution in [0.1, 0.15) is 32.8 Å². The topological polar surface area (TPSA) is 76.8 Å². The molecule has 23 heavy (non-hydrogen) atoms. The highest BCUT2D eigenvalue weighted by Gasteiger charge is 2.37. The lowest BCUT2D eigenvalue weighted by Crippen LogP contribution is -2.52. The number of nitriles is 1. The first-order chi connectivity index (χ1) is 10.8. The standard InChI is InChI=1S/C17H23N3O3/c1-17(2,3)20(16(21)22)13-7-8-19(11-13)15-6-5-14(23-4)9-12(15)10-18/h5-6,9,13H,7-8,11H2,1-4H3,(H,21,22)/t13-/m0/s1. The summed E-state index contributed by atoms with van der Waals surface area (Å²) in [6.45, 7) is 7.02. The Labute approximate surface area is 136 Å². The SMILES string of the molecule is COc1ccc(N2CC[C@H](N(C(=O)O)C(C)(C)C)C2)c(C#N)c1. The van der Waals surface area contributed by atoms with Crippen LogP contribution in [0, 0.1) is 11.3 Å². The lowest BCUT2D eigenvalue weighted by molar-refractivity contribution is 0.0763. The van der Waals surface area contributed by atoms with Gasteiger partial charge in [-0.15, -0.1) is 0 Å². The molecule has 1 heterocycles. The van der Waals surface area contributed by atoms with Gasteiger partial charge in [0.25, 0.3) is 0 Å². The van der Waals surface area contributed by atoms with Gasteiger partial charge in [-0.3, -0.25) is 4.90 Å². The van der Waals surface area contributed by atoms with Crippen LogP contribution in [0.5, 0.6) is 5.75 Å². The second-order valence-corrected chi connectivity index (χ2v) is 6.71. The van der Waals surface area contributed by atoms with Gasteiger partial charge in [0.05, 0.1) is 24.4 Å². The minimum absolute atomic E-state index is 0.0823. The smallest absolute Gasteiger partial charge is 0.408 e. The molecule has 1 saturated heterocycles. The maximum Gasteiger partial charge on any atom is 0.408 e. The molecular formula is C17H23N3O3. The highest BCUT2D eigenvalue weighted by Crippen LogP contribution is 2.31. The van der Waals surface area contributed by atoms with Crippen LogP contribution in [0.3, 0.4) is 0 Å². The van der Waals surface area contributed by atoms with E-state index in [9.17, 15) is 15.2 Å². The molecule has 124 valence electrons. The molecule has 2 rings (SSSR count). The summed E-state index contributed by atoms with van der Waals surface area (Å²) in [6.07, 6.45) is -0.153. The molecule has 0 bridgehead atoms. The summed E-state index contributed by atoms with van der Waals surface area (Å²) in [6, 6.07) is 7.50. The summed E-state index contributed by atoms with van der Waals surface area (Å²) in [7, 11) is 1.57. The molecule has 1 atom stereocenters. The Bertz CT molecular complexity index is 631. The second-order valence-electron chi connectivity index (χ2n) is 6.71. The molecule has 0 radical (unpaired) electrons. The number of rotatable bonds is 3. The predicted molar refractivity (Wildman–Crippen MR) is 87.9 cm³/mol. The number of amides is 1. The number of ether oxygens (including phenoxy) is 1. The van der Waals surface area contributed by atoms with Gasteiger partial charge in [-0.1, -0.05) is 0 Å². The normalized spacial score (nSPS) is 17.7. The van der Waals surface area contributed by atoms with Crippen LogP contribution in [0.15, 0.2) is 18.2 Å². The number of benzene rings is 1. The molecule has 1 N–H and O–H groups in total. The quantitative estimate of drug-likeness (QED) is 0.927. The molecule has 0 spiro atoms. The minimum Gasteiger partial charge on any atom is -0.497 e. The molecule has 1 aromatic rings. The van der Waals surface area contributed by atoms with Gasteiger partial charge in [0, 0.05) is 18.6 Å². The Morgan fingerprint density at radius 2 is 2.17 bits per heavy atom. The Morgan fingerprint density at radius 3 is 2.70 bits per heavy atom. The van der Waals surface area contributed by atoms with Gasteiger partial charge in [0.15, 0.2) is 0 Å². The first-order valence-electron chi connectivity index (χ1n) is 7.63. The minimum atomic E-state index is -0.903. The molecule has 6 nitrogen and oxygen atoms in total. The number of anilines is 1. The Morgan fingerprint density at radius 1 is 1.48 bits per heavy atom. The van der Waals surface area contributed by atoms with Crippen LogP contribution in [0.4, 0.5) is 10.5 Å². The number of methoxy groups -OCH3 is 1. The van der Waals surface area contributed by atoms with Crippen LogP contribution < -0.4 is 9.64 Å². The zero-order chi connectivity index (χ0) is 17.2. The van der Waals surface area contributed by atoms with E-state index in [-0.39, 0.29) is 6.04 Å². The van der Waals surface area contributed by atoms with Gasteiger partial charge in [-0.05, 0) is 45.4 Å². The maximum absolute atomic E-state index is 11.6. The summed E-state index contributed by atoms with van der Waals surface area (Å²) >= 11 is 0. The number of nitrogens with zero attached hydrogens (tertiary/aromatic N) is 3. The van der Waals surface area contributed by atoms with E-state index in [1.807, 2.05) is 32.9 Å². The van der Waals surface area contributed by atoms with Crippen molar-refractivity contribution in [1.82, 2.24) is 4.90 Å². The molecule has 1 aliphatic rings. The number of carbonyl (C=O) groups is 1. The number of hydrogen-bond donors (Lipinski definition) is 1. The molecule has 0 aromatic heterocycles. The lowest BCUT2D eigenvalue weighted by Gasteiger charge is -2.38. The van der Waals surface area contributed by atoms with E-state index in [1.165, 1.54) is 4.90 Å². The van der Waals surface area contributed by atoms with Gasteiger partial charge in [-0.2, -0.15) is 5.26 Å². The third-order valence-electron chi connectivity index (χ3n) is 4.12. The summed E-state index contributed by atoms with van der Waals surface area (Å²) in [4.78, 5) is 15.2. The van der Waals surface area contributed by atoms with E-state index in [2.05, 4.69) is 11.0 Å². The Hall–Kier alpha value is -2.42. The molecular weight excluding hydrogens is 294 g/mol. The molecule has 1 amide bonds. The molecule has 6 heteroatoms. The fraction of sp³-hybridized carbons (Fsp3) is 0.529. The van der Waals surface area contributed by atoms with Crippen molar-refractivity contribution in [1.29, 1.82) is 5.26 Å². The van der Waals surface area contributed by atoms with E-state index in [0.29, 0.717) is 17.9 Å². The van der Waals surface area contributed by atoms with Crippen molar-refractivity contribution in [2.75, 3.05) is 25.1 Å². The first kappa shape index (κ1) is 16.9. The Kier molecular flexibility index (Phi) is 4.69. The average molecular weight is 317 g/mol. The van der Waals surface area contributed by atoms with Crippen molar-refractivity contribution in [3.63, 3.8) is 0 Å². The fourth-order valence-corrected chi connectivity index (χ4v) is 3.17. The molecule has 0 aliphatic carbocycles. The molecule has 1 aliphatic heterocycles. The Balaban J connectivity index is 2.23. The summed E-state index contributed by atoms with van der Waals surface area (Å²) in [5.74, 6) is 0.642. The van der Waals surface area contributed by atoms with Crippen LogP contribution >= 0.6 is 0 Å². The second kappa shape index (κ2) is 6.37. The highest BCUT2D eigenvalue weighted by atomic mass is 16.5. The van der Waals surface area contributed by atoms with Crippen molar-refractivity contribution in [3.05, 3.63) is 23.8 Å². The van der Waals surface area contributed by atoms with Crippen LogP contribution in [-0.2, 0) is 0 Å². The zero-order valence-corrected chi connectivity index (χ0v) is 14.0. The summed E-state index contributed by atoms with van der Waals surface area (Å²) in [5, 5.41) is 18.9. The van der Waals surface area contributed by atoms with Crippen LogP contribution in [0.2, 0.25) is 0 Å². The van der Waals surface area contributed by atoms with Gasteiger partial charge in [0.1, 0.15) is 11.8 Å². The molecule has 0 unspecified atom stereocenters. The largest absolute Gasteiger partial charge is 0.497 e. The third-order valence-corrected chi connectivity index (χ3v) is 4.12. The van der Waals surface area contributed by atoms with Gasteiger partial charge in [-0.25, -0.2) is 4.79 Å². The molecule has 1 aromatic carbocycles. The van der Waals surface area contributed by atoms with E-state index >= 15 is 0 Å². The number of carboxylic acid groups (broad SMARTS) is 1. The molecule has 0 saturated carbocycles. The van der Waals surface area contributed by atoms with Crippen molar-refractivity contribution in [2.24, 2.45) is 0 Å². The van der Waals surface area contributed by atoms with Crippen molar-refractivity contribution in [2.45, 2.75) is 38.8 Å². The zero-order valence-electron chi connectivity index (χ0n) is 14.0. The van der Waals surface area contributed by atoms with E-state index in [4.69, 9.17) is 4.74 Å². The lowest BCUT2D eigenvalue weighted by atomic mass is 10.0. The van der Waals surface area contributed by atoms with Crippen molar-refractivity contribution >= 4 is 11.8 Å². The molecule has 1 fully saturated rings. The van der Waals surface area contributed by atoms with Gasteiger partial charge in [0.2, 0.25) is 0 Å². The van der Waals surface area contributed by atoms with Crippen LogP contribution in [-0.4, -0.2) is 47.9 Å². The number of hydrogen-bond acceptors (Lipinski definition) is 4. The summed E-state index contributed by atoms with van der Waals surface area (Å²) in [5.41, 5.74) is 0.919. The summed E-state index contributed by atoms with van der Waals surface area (Å²) < 4.78 is 5.15.